The summed E-state index contributed by atoms with van der Waals surface area (Å²) >= 11 is 0. The predicted octanol–water partition coefficient (Wildman–Crippen LogP) is 2.12. The van der Waals surface area contributed by atoms with Gasteiger partial charge in [0, 0.05) is 18.9 Å². The van der Waals surface area contributed by atoms with Gasteiger partial charge in [0.1, 0.15) is 11.9 Å². The lowest BCUT2D eigenvalue weighted by molar-refractivity contribution is 0.499. The van der Waals surface area contributed by atoms with Crippen LogP contribution in [0.25, 0.3) is 0 Å². The molecule has 4 nitrogen and oxygen atoms in total. The normalized spacial score (nSPS) is 12.6. The molecule has 0 fully saturated rings. The van der Waals surface area contributed by atoms with E-state index in [9.17, 15) is 8.78 Å². The van der Waals surface area contributed by atoms with Gasteiger partial charge < -0.3 is 4.57 Å². The van der Waals surface area contributed by atoms with Crippen LogP contribution >= 0.6 is 0 Å². The minimum absolute atomic E-state index is 0.475. The molecule has 1 heterocycles. The molecule has 0 aliphatic heterocycles. The lowest BCUT2D eigenvalue weighted by Gasteiger charge is -2.17. The first-order valence-corrected chi connectivity index (χ1v) is 6.09. The molecule has 0 radical (unpaired) electrons. The number of rotatable bonds is 5. The van der Waals surface area contributed by atoms with Gasteiger partial charge in [-0.25, -0.2) is 19.2 Å². The summed E-state index contributed by atoms with van der Waals surface area (Å²) in [4.78, 5) is 4.24. The standard InChI is InChI=1S/C13H16F2N4/c1-2-6-19-7-5-17-13(19)12(18-16)9-3-4-10(14)11(15)8-9/h3-5,7-8,12,18H,2,6,16H2,1H3. The van der Waals surface area contributed by atoms with Crippen molar-refractivity contribution in [3.8, 4) is 0 Å². The summed E-state index contributed by atoms with van der Waals surface area (Å²) in [5, 5.41) is 0. The highest BCUT2D eigenvalue weighted by Crippen LogP contribution is 2.22. The smallest absolute Gasteiger partial charge is 0.159 e. The molecular weight excluding hydrogens is 250 g/mol. The number of aromatic nitrogens is 2. The van der Waals surface area contributed by atoms with E-state index in [0.29, 0.717) is 11.4 Å². The molecule has 2 rings (SSSR count). The summed E-state index contributed by atoms with van der Waals surface area (Å²) in [5.41, 5.74) is 3.13. The number of halogens is 2. The van der Waals surface area contributed by atoms with Crippen LogP contribution in [0.15, 0.2) is 30.6 Å². The predicted molar refractivity (Wildman–Crippen MR) is 68.0 cm³/mol. The van der Waals surface area contributed by atoms with E-state index in [1.54, 1.807) is 6.20 Å². The number of hydrogen-bond acceptors (Lipinski definition) is 3. The fourth-order valence-corrected chi connectivity index (χ4v) is 2.02. The molecule has 0 amide bonds. The molecule has 1 atom stereocenters. The van der Waals surface area contributed by atoms with Crippen molar-refractivity contribution in [2.24, 2.45) is 5.84 Å². The minimum Gasteiger partial charge on any atom is -0.333 e. The van der Waals surface area contributed by atoms with Crippen molar-refractivity contribution in [1.82, 2.24) is 15.0 Å². The van der Waals surface area contributed by atoms with E-state index < -0.39 is 17.7 Å². The summed E-state index contributed by atoms with van der Waals surface area (Å²) in [7, 11) is 0. The highest BCUT2D eigenvalue weighted by Gasteiger charge is 2.19. The minimum atomic E-state index is -0.897. The van der Waals surface area contributed by atoms with Crippen molar-refractivity contribution in [1.29, 1.82) is 0 Å². The first kappa shape index (κ1) is 13.6. The summed E-state index contributed by atoms with van der Waals surface area (Å²) in [5.74, 6) is 4.43. The maximum Gasteiger partial charge on any atom is 0.159 e. The molecule has 0 aliphatic rings. The van der Waals surface area contributed by atoms with Gasteiger partial charge in [0.25, 0.3) is 0 Å². The van der Waals surface area contributed by atoms with Crippen molar-refractivity contribution in [3.63, 3.8) is 0 Å². The maximum atomic E-state index is 13.3. The molecule has 1 aromatic carbocycles. The van der Waals surface area contributed by atoms with E-state index in [1.807, 2.05) is 17.7 Å². The molecule has 3 N–H and O–H groups in total. The van der Waals surface area contributed by atoms with Gasteiger partial charge in [-0.05, 0) is 24.1 Å². The Morgan fingerprint density at radius 2 is 2.16 bits per heavy atom. The number of nitrogens with two attached hydrogens (primary N) is 1. The number of imidazole rings is 1. The zero-order valence-electron chi connectivity index (χ0n) is 10.6. The van der Waals surface area contributed by atoms with Crippen LogP contribution in [0.3, 0.4) is 0 Å². The van der Waals surface area contributed by atoms with E-state index in [1.165, 1.54) is 6.07 Å². The van der Waals surface area contributed by atoms with Crippen molar-refractivity contribution >= 4 is 0 Å². The molecule has 0 saturated carbocycles. The van der Waals surface area contributed by atoms with Crippen LogP contribution in [0.5, 0.6) is 0 Å². The van der Waals surface area contributed by atoms with Crippen molar-refractivity contribution in [3.05, 3.63) is 53.6 Å². The average molecular weight is 266 g/mol. The number of benzene rings is 1. The fourth-order valence-electron chi connectivity index (χ4n) is 2.02. The molecule has 19 heavy (non-hydrogen) atoms. The topological polar surface area (TPSA) is 55.9 Å². The maximum absolute atomic E-state index is 13.3. The Balaban J connectivity index is 2.38. The van der Waals surface area contributed by atoms with Gasteiger partial charge in [0.2, 0.25) is 0 Å². The third-order valence-electron chi connectivity index (χ3n) is 2.91. The first-order chi connectivity index (χ1) is 9.17. The van der Waals surface area contributed by atoms with E-state index in [2.05, 4.69) is 10.4 Å². The van der Waals surface area contributed by atoms with E-state index in [4.69, 9.17) is 5.84 Å². The fraction of sp³-hybridized carbons (Fsp3) is 0.308. The molecule has 1 unspecified atom stereocenters. The molecule has 2 aromatic rings. The second-order valence-electron chi connectivity index (χ2n) is 4.25. The Kier molecular flexibility index (Phi) is 4.24. The molecule has 0 spiro atoms. The zero-order valence-corrected chi connectivity index (χ0v) is 10.6. The number of aryl methyl sites for hydroxylation is 1. The Bertz CT molecular complexity index is 553. The Morgan fingerprint density at radius 3 is 2.79 bits per heavy atom. The van der Waals surface area contributed by atoms with E-state index in [-0.39, 0.29) is 0 Å². The summed E-state index contributed by atoms with van der Waals surface area (Å²) in [6, 6.07) is 3.23. The summed E-state index contributed by atoms with van der Waals surface area (Å²) in [6.07, 6.45) is 4.44. The highest BCUT2D eigenvalue weighted by molar-refractivity contribution is 5.26. The van der Waals surface area contributed by atoms with Crippen LogP contribution in [0.1, 0.15) is 30.8 Å². The Morgan fingerprint density at radius 1 is 1.37 bits per heavy atom. The van der Waals surface area contributed by atoms with Crippen LogP contribution < -0.4 is 11.3 Å². The van der Waals surface area contributed by atoms with Gasteiger partial charge >= 0.3 is 0 Å². The van der Waals surface area contributed by atoms with Gasteiger partial charge in [0.15, 0.2) is 11.6 Å². The van der Waals surface area contributed by atoms with Gasteiger partial charge in [-0.1, -0.05) is 13.0 Å². The van der Waals surface area contributed by atoms with Crippen molar-refractivity contribution in [2.45, 2.75) is 25.9 Å². The Hall–Kier alpha value is -1.79. The molecule has 0 bridgehead atoms. The van der Waals surface area contributed by atoms with Crippen LogP contribution in [0.4, 0.5) is 8.78 Å². The molecule has 6 heteroatoms. The first-order valence-electron chi connectivity index (χ1n) is 6.09. The van der Waals surface area contributed by atoms with Crippen LogP contribution in [0.2, 0.25) is 0 Å². The Labute approximate surface area is 110 Å². The van der Waals surface area contributed by atoms with Gasteiger partial charge in [-0.3, -0.25) is 5.84 Å². The highest BCUT2D eigenvalue weighted by atomic mass is 19.2. The molecule has 0 aliphatic carbocycles. The van der Waals surface area contributed by atoms with Gasteiger partial charge in [-0.2, -0.15) is 0 Å². The summed E-state index contributed by atoms with van der Waals surface area (Å²) < 4.78 is 28.2. The third kappa shape index (κ3) is 2.80. The van der Waals surface area contributed by atoms with Gasteiger partial charge in [0.05, 0.1) is 0 Å². The lowest BCUT2D eigenvalue weighted by atomic mass is 10.1. The van der Waals surface area contributed by atoms with Crippen LogP contribution in [-0.4, -0.2) is 9.55 Å². The second-order valence-corrected chi connectivity index (χ2v) is 4.25. The van der Waals surface area contributed by atoms with Gasteiger partial charge in [-0.15, -0.1) is 0 Å². The molecule has 102 valence electrons. The third-order valence-corrected chi connectivity index (χ3v) is 2.91. The summed E-state index contributed by atoms with van der Waals surface area (Å²) in [6.45, 7) is 2.84. The average Bonchev–Trinajstić information content (AvgIpc) is 2.83. The van der Waals surface area contributed by atoms with Crippen molar-refractivity contribution in [2.75, 3.05) is 0 Å². The van der Waals surface area contributed by atoms with E-state index >= 15 is 0 Å². The largest absolute Gasteiger partial charge is 0.333 e. The number of nitrogens with one attached hydrogen (secondary N) is 1. The number of hydrogen-bond donors (Lipinski definition) is 2. The number of hydrazine groups is 1. The lowest BCUT2D eigenvalue weighted by Crippen LogP contribution is -2.31. The van der Waals surface area contributed by atoms with Crippen LogP contribution in [-0.2, 0) is 6.54 Å². The molecule has 0 saturated heterocycles. The molecular formula is C13H16F2N4. The zero-order chi connectivity index (χ0) is 13.8. The van der Waals surface area contributed by atoms with Crippen molar-refractivity contribution < 1.29 is 8.78 Å². The van der Waals surface area contributed by atoms with Crippen LogP contribution in [0, 0.1) is 11.6 Å². The quantitative estimate of drug-likeness (QED) is 0.644. The van der Waals surface area contributed by atoms with E-state index in [0.717, 1.165) is 25.1 Å². The molecule has 1 aromatic heterocycles. The monoisotopic (exact) mass is 266 g/mol. The second kappa shape index (κ2) is 5.90. The number of nitrogens with zero attached hydrogens (tertiary/aromatic N) is 2. The SMILES string of the molecule is CCCn1ccnc1C(NN)c1ccc(F)c(F)c1.